The lowest BCUT2D eigenvalue weighted by molar-refractivity contribution is 0.102. The van der Waals surface area contributed by atoms with Gasteiger partial charge in [-0.1, -0.05) is 17.7 Å². The molecule has 0 aliphatic carbocycles. The molecule has 1 aromatic carbocycles. The number of pyridine rings is 2. The number of carbonyl (C=O) groups excluding carboxylic acids is 1. The van der Waals surface area contributed by atoms with Gasteiger partial charge in [0.2, 0.25) is 5.43 Å². The molecule has 5 nitrogen and oxygen atoms in total. The van der Waals surface area contributed by atoms with E-state index in [1.165, 1.54) is 0 Å². The van der Waals surface area contributed by atoms with Crippen molar-refractivity contribution in [2.45, 2.75) is 27.3 Å². The van der Waals surface area contributed by atoms with E-state index in [1.54, 1.807) is 35.0 Å². The lowest BCUT2D eigenvalue weighted by Crippen LogP contribution is -2.24. The topological polar surface area (TPSA) is 64.0 Å². The third kappa shape index (κ3) is 3.28. The molecule has 6 heteroatoms. The molecule has 1 amide bonds. The van der Waals surface area contributed by atoms with Crippen LogP contribution in [-0.4, -0.2) is 15.5 Å². The van der Waals surface area contributed by atoms with Gasteiger partial charge in [0, 0.05) is 18.4 Å². The van der Waals surface area contributed by atoms with E-state index in [2.05, 4.69) is 10.3 Å². The van der Waals surface area contributed by atoms with Crippen LogP contribution >= 0.6 is 11.6 Å². The van der Waals surface area contributed by atoms with Gasteiger partial charge < -0.3 is 9.88 Å². The molecule has 25 heavy (non-hydrogen) atoms. The van der Waals surface area contributed by atoms with Crippen LogP contribution in [0.4, 0.5) is 5.69 Å². The Balaban J connectivity index is 2.08. The molecular formula is C19H18ClN3O2. The smallest absolute Gasteiger partial charge is 0.261 e. The van der Waals surface area contributed by atoms with Crippen LogP contribution in [0.5, 0.6) is 0 Å². The van der Waals surface area contributed by atoms with Crippen LogP contribution in [0.3, 0.4) is 0 Å². The zero-order valence-electron chi connectivity index (χ0n) is 14.3. The second-order valence-corrected chi connectivity index (χ2v) is 6.33. The van der Waals surface area contributed by atoms with E-state index in [4.69, 9.17) is 11.6 Å². The van der Waals surface area contributed by atoms with Gasteiger partial charge in [-0.3, -0.25) is 9.59 Å². The van der Waals surface area contributed by atoms with E-state index in [1.807, 2.05) is 26.8 Å². The van der Waals surface area contributed by atoms with Crippen molar-refractivity contribution in [3.05, 3.63) is 68.6 Å². The Morgan fingerprint density at radius 3 is 2.68 bits per heavy atom. The first-order chi connectivity index (χ1) is 11.9. The van der Waals surface area contributed by atoms with Crippen molar-refractivity contribution in [3.63, 3.8) is 0 Å². The summed E-state index contributed by atoms with van der Waals surface area (Å²) in [6.07, 6.45) is 1.55. The fourth-order valence-electron chi connectivity index (χ4n) is 2.67. The molecule has 2 heterocycles. The highest BCUT2D eigenvalue weighted by Crippen LogP contribution is 2.23. The van der Waals surface area contributed by atoms with Crippen molar-refractivity contribution >= 4 is 34.2 Å². The third-order valence-corrected chi connectivity index (χ3v) is 4.33. The van der Waals surface area contributed by atoms with Crippen LogP contribution < -0.4 is 10.7 Å². The van der Waals surface area contributed by atoms with Crippen molar-refractivity contribution in [1.29, 1.82) is 0 Å². The molecular weight excluding hydrogens is 338 g/mol. The van der Waals surface area contributed by atoms with E-state index < -0.39 is 5.91 Å². The number of halogens is 1. The number of hydrogen-bond donors (Lipinski definition) is 1. The van der Waals surface area contributed by atoms with Gasteiger partial charge in [-0.25, -0.2) is 4.98 Å². The van der Waals surface area contributed by atoms with Crippen LogP contribution in [0.15, 0.2) is 41.3 Å². The minimum atomic E-state index is -0.486. The minimum absolute atomic E-state index is 0.0663. The number of amides is 1. The molecule has 0 saturated carbocycles. The summed E-state index contributed by atoms with van der Waals surface area (Å²) in [5, 5.41) is 3.58. The second-order valence-electron chi connectivity index (χ2n) is 5.92. The summed E-state index contributed by atoms with van der Waals surface area (Å²) in [6, 6.07) is 8.80. The van der Waals surface area contributed by atoms with E-state index in [0.29, 0.717) is 28.3 Å². The van der Waals surface area contributed by atoms with Gasteiger partial charge in [-0.05, 0) is 50.6 Å². The predicted octanol–water partition coefficient (Wildman–Crippen LogP) is 3.94. The van der Waals surface area contributed by atoms with Crippen LogP contribution in [-0.2, 0) is 6.54 Å². The Morgan fingerprint density at radius 2 is 2.00 bits per heavy atom. The molecule has 0 fully saturated rings. The molecule has 0 radical (unpaired) electrons. The van der Waals surface area contributed by atoms with Gasteiger partial charge in [0.15, 0.2) is 0 Å². The summed E-state index contributed by atoms with van der Waals surface area (Å²) in [7, 11) is 0. The number of aromatic nitrogens is 2. The Hall–Kier alpha value is -2.66. The number of aryl methyl sites for hydroxylation is 3. The summed E-state index contributed by atoms with van der Waals surface area (Å²) in [5.74, 6) is -0.486. The SMILES string of the molecule is CCn1cc(C(=O)Nc2ccc(C)cc2Cl)c(=O)c2ccc(C)nc21. The lowest BCUT2D eigenvalue weighted by Gasteiger charge is -2.12. The van der Waals surface area contributed by atoms with Crippen molar-refractivity contribution in [1.82, 2.24) is 9.55 Å². The zero-order chi connectivity index (χ0) is 18.1. The van der Waals surface area contributed by atoms with Crippen molar-refractivity contribution in [2.75, 3.05) is 5.32 Å². The number of rotatable bonds is 3. The Morgan fingerprint density at radius 1 is 1.24 bits per heavy atom. The average molecular weight is 356 g/mol. The molecule has 0 aliphatic heterocycles. The normalized spacial score (nSPS) is 10.9. The van der Waals surface area contributed by atoms with Gasteiger partial charge in [0.25, 0.3) is 5.91 Å². The van der Waals surface area contributed by atoms with Crippen LogP contribution in [0.1, 0.15) is 28.5 Å². The molecule has 1 N–H and O–H groups in total. The van der Waals surface area contributed by atoms with Gasteiger partial charge in [-0.15, -0.1) is 0 Å². The van der Waals surface area contributed by atoms with Crippen LogP contribution in [0, 0.1) is 13.8 Å². The molecule has 0 unspecified atom stereocenters. The molecule has 0 aliphatic rings. The van der Waals surface area contributed by atoms with E-state index in [9.17, 15) is 9.59 Å². The Kier molecular flexibility index (Phi) is 4.59. The number of nitrogens with zero attached hydrogens (tertiary/aromatic N) is 2. The maximum atomic E-state index is 12.7. The predicted molar refractivity (Wildman–Crippen MR) is 101 cm³/mol. The quantitative estimate of drug-likeness (QED) is 0.774. The van der Waals surface area contributed by atoms with Crippen molar-refractivity contribution in [2.24, 2.45) is 0 Å². The first-order valence-electron chi connectivity index (χ1n) is 7.99. The minimum Gasteiger partial charge on any atom is -0.332 e. The maximum Gasteiger partial charge on any atom is 0.261 e. The summed E-state index contributed by atoms with van der Waals surface area (Å²) in [5.41, 5.74) is 2.59. The molecule has 128 valence electrons. The average Bonchev–Trinajstić information content (AvgIpc) is 2.57. The largest absolute Gasteiger partial charge is 0.332 e. The molecule has 0 atom stereocenters. The maximum absolute atomic E-state index is 12.7. The van der Waals surface area contributed by atoms with Gasteiger partial charge in [-0.2, -0.15) is 0 Å². The molecule has 0 bridgehead atoms. The second kappa shape index (κ2) is 6.69. The number of anilines is 1. The summed E-state index contributed by atoms with van der Waals surface area (Å²) in [4.78, 5) is 29.8. The molecule has 3 rings (SSSR count). The Labute approximate surface area is 150 Å². The van der Waals surface area contributed by atoms with Crippen molar-refractivity contribution in [3.8, 4) is 0 Å². The number of benzene rings is 1. The highest BCUT2D eigenvalue weighted by Gasteiger charge is 2.17. The fourth-order valence-corrected chi connectivity index (χ4v) is 2.96. The Bertz CT molecular complexity index is 1040. The van der Waals surface area contributed by atoms with Gasteiger partial charge in [0.05, 0.1) is 16.1 Å². The number of hydrogen-bond acceptors (Lipinski definition) is 3. The monoisotopic (exact) mass is 355 g/mol. The highest BCUT2D eigenvalue weighted by atomic mass is 35.5. The summed E-state index contributed by atoms with van der Waals surface area (Å²) < 4.78 is 1.80. The number of nitrogens with one attached hydrogen (secondary N) is 1. The summed E-state index contributed by atoms with van der Waals surface area (Å²) in [6.45, 7) is 6.31. The van der Waals surface area contributed by atoms with Crippen LogP contribution in [0.25, 0.3) is 11.0 Å². The lowest BCUT2D eigenvalue weighted by atomic mass is 10.1. The molecule has 0 spiro atoms. The third-order valence-electron chi connectivity index (χ3n) is 4.02. The number of fused-ring (bicyclic) bond motifs is 1. The van der Waals surface area contributed by atoms with E-state index in [0.717, 1.165) is 11.3 Å². The first kappa shape index (κ1) is 17.2. The highest BCUT2D eigenvalue weighted by molar-refractivity contribution is 6.34. The summed E-state index contributed by atoms with van der Waals surface area (Å²) >= 11 is 6.16. The van der Waals surface area contributed by atoms with E-state index in [-0.39, 0.29) is 11.0 Å². The molecule has 0 saturated heterocycles. The van der Waals surface area contributed by atoms with Gasteiger partial charge >= 0.3 is 0 Å². The van der Waals surface area contributed by atoms with Crippen molar-refractivity contribution < 1.29 is 4.79 Å². The standard InChI is InChI=1S/C19H18ClN3O2/c1-4-23-10-14(17(24)13-7-6-12(3)21-18(13)23)19(25)22-16-8-5-11(2)9-15(16)20/h5-10H,4H2,1-3H3,(H,22,25). The fraction of sp³-hybridized carbons (Fsp3) is 0.211. The number of carbonyl (C=O) groups is 1. The first-order valence-corrected chi connectivity index (χ1v) is 8.36. The zero-order valence-corrected chi connectivity index (χ0v) is 15.0. The van der Waals surface area contributed by atoms with Gasteiger partial charge in [0.1, 0.15) is 11.2 Å². The molecule has 3 aromatic rings. The molecule has 2 aromatic heterocycles. The van der Waals surface area contributed by atoms with E-state index >= 15 is 0 Å². The van der Waals surface area contributed by atoms with Crippen LogP contribution in [0.2, 0.25) is 5.02 Å².